The Bertz CT molecular complexity index is 400. The number of aromatic nitrogens is 1. The van der Waals surface area contributed by atoms with Crippen molar-refractivity contribution in [2.75, 3.05) is 23.7 Å². The van der Waals surface area contributed by atoms with Crippen molar-refractivity contribution >= 4 is 11.6 Å². The molecule has 0 spiro atoms. The molecule has 4 heteroatoms. The molecular weight excluding hydrogens is 238 g/mol. The first kappa shape index (κ1) is 14.1. The summed E-state index contributed by atoms with van der Waals surface area (Å²) in [5.74, 6) is 2.44. The van der Waals surface area contributed by atoms with Gasteiger partial charge in [-0.2, -0.15) is 0 Å². The summed E-state index contributed by atoms with van der Waals surface area (Å²) in [5, 5.41) is 17.0. The number of hydrogen-bond acceptors (Lipinski definition) is 4. The second kappa shape index (κ2) is 6.24. The van der Waals surface area contributed by atoms with E-state index in [0.717, 1.165) is 49.8 Å². The summed E-state index contributed by atoms with van der Waals surface area (Å²) in [5.41, 5.74) is -0.567. The van der Waals surface area contributed by atoms with Crippen molar-refractivity contribution in [3.05, 3.63) is 18.2 Å². The van der Waals surface area contributed by atoms with Gasteiger partial charge in [0.25, 0.3) is 0 Å². The van der Waals surface area contributed by atoms with Crippen LogP contribution in [0.1, 0.15) is 39.5 Å². The smallest absolute Gasteiger partial charge is 0.128 e. The van der Waals surface area contributed by atoms with Gasteiger partial charge in [0.1, 0.15) is 11.6 Å². The predicted molar refractivity (Wildman–Crippen MR) is 79.5 cm³/mol. The summed E-state index contributed by atoms with van der Waals surface area (Å²) in [6.07, 6.45) is 3.99. The molecule has 1 aliphatic rings. The third-order valence-corrected chi connectivity index (χ3v) is 3.91. The van der Waals surface area contributed by atoms with Crippen LogP contribution in [-0.2, 0) is 0 Å². The lowest BCUT2D eigenvalue weighted by Crippen LogP contribution is -2.40. The highest BCUT2D eigenvalue weighted by atomic mass is 16.3. The largest absolute Gasteiger partial charge is 0.388 e. The van der Waals surface area contributed by atoms with E-state index >= 15 is 0 Å². The van der Waals surface area contributed by atoms with Gasteiger partial charge in [-0.25, -0.2) is 4.98 Å². The van der Waals surface area contributed by atoms with E-state index in [-0.39, 0.29) is 0 Å². The van der Waals surface area contributed by atoms with Crippen LogP contribution in [0.15, 0.2) is 18.2 Å². The quantitative estimate of drug-likeness (QED) is 0.764. The lowest BCUT2D eigenvalue weighted by molar-refractivity contribution is 0.00495. The van der Waals surface area contributed by atoms with Crippen molar-refractivity contribution in [1.29, 1.82) is 0 Å². The molecule has 1 aromatic heterocycles. The van der Waals surface area contributed by atoms with Gasteiger partial charge in [-0.15, -0.1) is 0 Å². The minimum atomic E-state index is -0.567. The molecule has 4 nitrogen and oxygen atoms in total. The van der Waals surface area contributed by atoms with Crippen molar-refractivity contribution < 1.29 is 5.11 Å². The molecule has 0 atom stereocenters. The Morgan fingerprint density at radius 1 is 1.26 bits per heavy atom. The van der Waals surface area contributed by atoms with Crippen molar-refractivity contribution in [3.8, 4) is 0 Å². The highest BCUT2D eigenvalue weighted by Crippen LogP contribution is 2.31. The van der Waals surface area contributed by atoms with Crippen LogP contribution in [-0.4, -0.2) is 28.8 Å². The van der Waals surface area contributed by atoms with Gasteiger partial charge in [0.05, 0.1) is 5.60 Å². The van der Waals surface area contributed by atoms with E-state index in [1.165, 1.54) is 0 Å². The van der Waals surface area contributed by atoms with E-state index in [1.807, 2.05) is 25.1 Å². The van der Waals surface area contributed by atoms with E-state index < -0.39 is 5.60 Å². The minimum Gasteiger partial charge on any atom is -0.388 e. The Hall–Kier alpha value is -1.29. The summed E-state index contributed by atoms with van der Waals surface area (Å²) < 4.78 is 0. The first-order valence-electron chi connectivity index (χ1n) is 7.28. The fraction of sp³-hybridized carbons (Fsp3) is 0.667. The molecule has 0 aromatic carbocycles. The third-order valence-electron chi connectivity index (χ3n) is 3.91. The van der Waals surface area contributed by atoms with Gasteiger partial charge in [0.15, 0.2) is 0 Å². The van der Waals surface area contributed by atoms with Gasteiger partial charge in [-0.1, -0.05) is 13.0 Å². The molecule has 1 fully saturated rings. The molecule has 3 N–H and O–H groups in total. The fourth-order valence-electron chi connectivity index (χ4n) is 2.54. The number of nitrogens with one attached hydrogen (secondary N) is 2. The Balaban J connectivity index is 1.89. The fourth-order valence-corrected chi connectivity index (χ4v) is 2.54. The SMILES string of the molecule is CCNc1cccc(NCC2(O)CCC(C)CC2)n1. The Kier molecular flexibility index (Phi) is 4.64. The summed E-state index contributed by atoms with van der Waals surface area (Å²) >= 11 is 0. The maximum atomic E-state index is 10.5. The van der Waals surface area contributed by atoms with Crippen molar-refractivity contribution in [2.24, 2.45) is 5.92 Å². The van der Waals surface area contributed by atoms with Gasteiger partial charge in [-0.05, 0) is 50.7 Å². The Morgan fingerprint density at radius 3 is 2.53 bits per heavy atom. The normalized spacial score (nSPS) is 27.0. The molecule has 0 bridgehead atoms. The first-order chi connectivity index (χ1) is 9.11. The highest BCUT2D eigenvalue weighted by molar-refractivity contribution is 5.45. The first-order valence-corrected chi connectivity index (χ1v) is 7.28. The van der Waals surface area contributed by atoms with E-state index in [1.54, 1.807) is 0 Å². The number of pyridine rings is 1. The lowest BCUT2D eigenvalue weighted by Gasteiger charge is -2.35. The van der Waals surface area contributed by atoms with Gasteiger partial charge in [0.2, 0.25) is 0 Å². The van der Waals surface area contributed by atoms with Gasteiger partial charge >= 0.3 is 0 Å². The predicted octanol–water partition coefficient (Wildman–Crippen LogP) is 2.87. The summed E-state index contributed by atoms with van der Waals surface area (Å²) in [4.78, 5) is 4.46. The Morgan fingerprint density at radius 2 is 1.89 bits per heavy atom. The van der Waals surface area contributed by atoms with Gasteiger partial charge in [0, 0.05) is 13.1 Å². The molecule has 19 heavy (non-hydrogen) atoms. The lowest BCUT2D eigenvalue weighted by atomic mass is 9.79. The standard InChI is InChI=1S/C15H25N3O/c1-3-16-13-5-4-6-14(18-13)17-11-15(19)9-7-12(2)8-10-15/h4-6,12,19H,3,7-11H2,1-2H3,(H2,16,17,18). The van der Waals surface area contributed by atoms with Crippen molar-refractivity contribution in [2.45, 2.75) is 45.1 Å². The summed E-state index contributed by atoms with van der Waals surface area (Å²) in [7, 11) is 0. The second-order valence-electron chi connectivity index (χ2n) is 5.70. The molecule has 0 radical (unpaired) electrons. The maximum absolute atomic E-state index is 10.5. The molecule has 0 unspecified atom stereocenters. The molecule has 1 saturated carbocycles. The molecule has 0 amide bonds. The van der Waals surface area contributed by atoms with Crippen LogP contribution >= 0.6 is 0 Å². The maximum Gasteiger partial charge on any atom is 0.128 e. The van der Waals surface area contributed by atoms with Crippen LogP contribution < -0.4 is 10.6 Å². The zero-order chi connectivity index (χ0) is 13.7. The third kappa shape index (κ3) is 4.10. The zero-order valence-corrected chi connectivity index (χ0v) is 11.9. The number of hydrogen-bond donors (Lipinski definition) is 3. The molecular formula is C15H25N3O. The molecule has 0 aliphatic heterocycles. The molecule has 1 aromatic rings. The van der Waals surface area contributed by atoms with E-state index in [9.17, 15) is 5.11 Å². The van der Waals surface area contributed by atoms with E-state index in [0.29, 0.717) is 6.54 Å². The number of rotatable bonds is 5. The van der Waals surface area contributed by atoms with Crippen molar-refractivity contribution in [3.63, 3.8) is 0 Å². The average Bonchev–Trinajstić information content (AvgIpc) is 2.41. The Labute approximate surface area is 115 Å². The van der Waals surface area contributed by atoms with Crippen LogP contribution in [0.2, 0.25) is 0 Å². The molecule has 1 heterocycles. The van der Waals surface area contributed by atoms with Gasteiger partial charge in [-0.3, -0.25) is 0 Å². The minimum absolute atomic E-state index is 0.567. The zero-order valence-electron chi connectivity index (χ0n) is 11.9. The molecule has 2 rings (SSSR count). The van der Waals surface area contributed by atoms with Crippen molar-refractivity contribution in [1.82, 2.24) is 4.98 Å². The van der Waals surface area contributed by atoms with Crippen LogP contribution in [0.4, 0.5) is 11.6 Å². The topological polar surface area (TPSA) is 57.2 Å². The van der Waals surface area contributed by atoms with Crippen LogP contribution in [0.5, 0.6) is 0 Å². The number of aliphatic hydroxyl groups is 1. The van der Waals surface area contributed by atoms with E-state index in [2.05, 4.69) is 22.5 Å². The van der Waals surface area contributed by atoms with Crippen LogP contribution in [0.3, 0.4) is 0 Å². The molecule has 1 aliphatic carbocycles. The van der Waals surface area contributed by atoms with Crippen LogP contribution in [0.25, 0.3) is 0 Å². The monoisotopic (exact) mass is 263 g/mol. The average molecular weight is 263 g/mol. The number of anilines is 2. The van der Waals surface area contributed by atoms with Gasteiger partial charge < -0.3 is 15.7 Å². The molecule has 0 saturated heterocycles. The second-order valence-corrected chi connectivity index (χ2v) is 5.70. The van der Waals surface area contributed by atoms with Crippen LogP contribution in [0, 0.1) is 5.92 Å². The molecule has 106 valence electrons. The summed E-state index contributed by atoms with van der Waals surface area (Å²) in [6, 6.07) is 5.86. The number of nitrogens with zero attached hydrogens (tertiary/aromatic N) is 1. The summed E-state index contributed by atoms with van der Waals surface area (Å²) in [6.45, 7) is 5.75. The van der Waals surface area contributed by atoms with E-state index in [4.69, 9.17) is 0 Å². The highest BCUT2D eigenvalue weighted by Gasteiger charge is 2.31.